The number of aromatic nitrogens is 3. The first-order valence-electron chi connectivity index (χ1n) is 6.92. The molecule has 2 aromatic heterocycles. The number of benzene rings is 1. The van der Waals surface area contributed by atoms with Crippen LogP contribution in [0.4, 0.5) is 23.3 Å². The maximum atomic E-state index is 12.3. The molecule has 0 saturated carbocycles. The predicted octanol–water partition coefficient (Wildman–Crippen LogP) is 2.42. The highest BCUT2D eigenvalue weighted by molar-refractivity contribution is 7.92. The molecule has 0 aliphatic carbocycles. The Bertz CT molecular complexity index is 936. The molecule has 4 N–H and O–H groups in total. The fourth-order valence-electron chi connectivity index (χ4n) is 1.93. The van der Waals surface area contributed by atoms with Gasteiger partial charge in [0.05, 0.1) is 4.90 Å². The topological polar surface area (TPSA) is 123 Å². The Morgan fingerprint density at radius 3 is 2.28 bits per heavy atom. The lowest BCUT2D eigenvalue weighted by atomic mass is 10.3. The van der Waals surface area contributed by atoms with Crippen LogP contribution in [0.15, 0.2) is 65.8 Å². The summed E-state index contributed by atoms with van der Waals surface area (Å²) >= 11 is 0. The molecule has 8 nitrogen and oxygen atoms in total. The number of nitrogens with zero attached hydrogens (tertiary/aromatic N) is 3. The Morgan fingerprint density at radius 1 is 0.880 bits per heavy atom. The predicted molar refractivity (Wildman–Crippen MR) is 98.5 cm³/mol. The van der Waals surface area contributed by atoms with E-state index in [2.05, 4.69) is 25.0 Å². The van der Waals surface area contributed by atoms with E-state index < -0.39 is 10.0 Å². The zero-order valence-electron chi connectivity index (χ0n) is 12.8. The van der Waals surface area contributed by atoms with Crippen LogP contribution in [0, 0.1) is 0 Å². The van der Waals surface area contributed by atoms with Crippen LogP contribution in [-0.4, -0.2) is 23.4 Å². The maximum absolute atomic E-state index is 12.3. The molecule has 1 aromatic carbocycles. The second-order valence-corrected chi connectivity index (χ2v) is 6.45. The van der Waals surface area contributed by atoms with E-state index in [1.165, 1.54) is 24.5 Å². The number of pyridine rings is 1. The standard InChI is InChI=1S/C15H14N6O2S.ClH/c16-15-18-10-8-14(20-15)19-11-4-6-12(7-5-11)24(22,23)21-13-3-1-2-9-17-13;/h1-10H,(H,17,21)(H3,16,18,19,20);1H. The van der Waals surface area contributed by atoms with E-state index in [0.717, 1.165) is 0 Å². The molecular formula is C15H15ClN6O2S. The summed E-state index contributed by atoms with van der Waals surface area (Å²) in [6, 6.07) is 12.9. The SMILES string of the molecule is Cl.Nc1nccc(Nc2ccc(S(=O)(=O)Nc3ccccn3)cc2)n1. The summed E-state index contributed by atoms with van der Waals surface area (Å²) in [5.41, 5.74) is 6.18. The Balaban J connectivity index is 0.00000225. The number of halogens is 1. The molecule has 0 amide bonds. The summed E-state index contributed by atoms with van der Waals surface area (Å²) in [6.45, 7) is 0. The Labute approximate surface area is 151 Å². The molecule has 0 aliphatic rings. The zero-order valence-corrected chi connectivity index (χ0v) is 14.5. The van der Waals surface area contributed by atoms with Gasteiger partial charge in [0.1, 0.15) is 11.6 Å². The molecule has 0 bridgehead atoms. The molecular weight excluding hydrogens is 364 g/mol. The van der Waals surface area contributed by atoms with E-state index in [1.54, 1.807) is 36.4 Å². The second-order valence-electron chi connectivity index (χ2n) is 4.77. The molecule has 0 atom stereocenters. The van der Waals surface area contributed by atoms with Crippen molar-refractivity contribution in [1.82, 2.24) is 15.0 Å². The first-order valence-corrected chi connectivity index (χ1v) is 8.41. The number of nitrogens with one attached hydrogen (secondary N) is 2. The second kappa shape index (κ2) is 7.77. The molecule has 0 fully saturated rings. The minimum atomic E-state index is -3.70. The molecule has 25 heavy (non-hydrogen) atoms. The highest BCUT2D eigenvalue weighted by atomic mass is 35.5. The number of nitrogen functional groups attached to an aromatic ring is 1. The Hall–Kier alpha value is -2.91. The number of hydrogen-bond acceptors (Lipinski definition) is 7. The van der Waals surface area contributed by atoms with Crippen molar-refractivity contribution in [2.75, 3.05) is 15.8 Å². The Kier molecular flexibility index (Phi) is 5.73. The van der Waals surface area contributed by atoms with Crippen molar-refractivity contribution >= 4 is 45.7 Å². The molecule has 0 unspecified atom stereocenters. The summed E-state index contributed by atoms with van der Waals surface area (Å²) in [5, 5.41) is 3.01. The van der Waals surface area contributed by atoms with Gasteiger partial charge in [0.2, 0.25) is 5.95 Å². The first-order chi connectivity index (χ1) is 11.5. The van der Waals surface area contributed by atoms with Crippen molar-refractivity contribution in [3.63, 3.8) is 0 Å². The van der Waals surface area contributed by atoms with Gasteiger partial charge in [-0.25, -0.2) is 18.4 Å². The van der Waals surface area contributed by atoms with Crippen LogP contribution in [0.5, 0.6) is 0 Å². The number of sulfonamides is 1. The lowest BCUT2D eigenvalue weighted by Crippen LogP contribution is -2.13. The van der Waals surface area contributed by atoms with Gasteiger partial charge in [-0.1, -0.05) is 6.07 Å². The quantitative estimate of drug-likeness (QED) is 0.622. The van der Waals surface area contributed by atoms with E-state index in [-0.39, 0.29) is 29.1 Å². The lowest BCUT2D eigenvalue weighted by Gasteiger charge is -2.09. The van der Waals surface area contributed by atoms with Crippen LogP contribution in [0.25, 0.3) is 0 Å². The third kappa shape index (κ3) is 4.78. The largest absolute Gasteiger partial charge is 0.368 e. The molecule has 130 valence electrons. The number of rotatable bonds is 5. The van der Waals surface area contributed by atoms with Crippen LogP contribution in [-0.2, 0) is 10.0 Å². The average Bonchev–Trinajstić information content (AvgIpc) is 2.56. The highest BCUT2D eigenvalue weighted by Crippen LogP contribution is 2.19. The van der Waals surface area contributed by atoms with Gasteiger partial charge < -0.3 is 11.1 Å². The van der Waals surface area contributed by atoms with Crippen molar-refractivity contribution in [3.8, 4) is 0 Å². The molecule has 2 heterocycles. The summed E-state index contributed by atoms with van der Waals surface area (Å²) in [4.78, 5) is 11.9. The monoisotopic (exact) mass is 378 g/mol. The smallest absolute Gasteiger partial charge is 0.263 e. The summed E-state index contributed by atoms with van der Waals surface area (Å²) in [5.74, 6) is 0.930. The summed E-state index contributed by atoms with van der Waals surface area (Å²) in [6.07, 6.45) is 3.04. The van der Waals surface area contributed by atoms with Gasteiger partial charge in [0.15, 0.2) is 0 Å². The van der Waals surface area contributed by atoms with Crippen molar-refractivity contribution < 1.29 is 8.42 Å². The van der Waals surface area contributed by atoms with Gasteiger partial charge >= 0.3 is 0 Å². The van der Waals surface area contributed by atoms with E-state index in [4.69, 9.17) is 5.73 Å². The van der Waals surface area contributed by atoms with Gasteiger partial charge in [-0.3, -0.25) is 4.72 Å². The third-order valence-corrected chi connectivity index (χ3v) is 4.39. The zero-order chi connectivity index (χ0) is 17.0. The van der Waals surface area contributed by atoms with Crippen LogP contribution >= 0.6 is 12.4 Å². The summed E-state index contributed by atoms with van der Waals surface area (Å²) < 4.78 is 27.0. The average molecular weight is 379 g/mol. The molecule has 0 spiro atoms. The van der Waals surface area contributed by atoms with Crippen molar-refractivity contribution in [2.45, 2.75) is 4.90 Å². The third-order valence-electron chi connectivity index (χ3n) is 3.02. The highest BCUT2D eigenvalue weighted by Gasteiger charge is 2.14. The molecule has 0 aliphatic heterocycles. The molecule has 3 aromatic rings. The van der Waals surface area contributed by atoms with Gasteiger partial charge in [0, 0.05) is 18.1 Å². The van der Waals surface area contributed by atoms with Gasteiger partial charge in [0.25, 0.3) is 10.0 Å². The molecule has 3 rings (SSSR count). The number of nitrogens with two attached hydrogens (primary N) is 1. The van der Waals surface area contributed by atoms with Crippen molar-refractivity contribution in [1.29, 1.82) is 0 Å². The van der Waals surface area contributed by atoms with Crippen LogP contribution in [0.1, 0.15) is 0 Å². The van der Waals surface area contributed by atoms with Gasteiger partial charge in [-0.2, -0.15) is 4.98 Å². The van der Waals surface area contributed by atoms with Crippen LogP contribution in [0.2, 0.25) is 0 Å². The minimum absolute atomic E-state index is 0. The molecule has 0 radical (unpaired) electrons. The number of anilines is 4. The minimum Gasteiger partial charge on any atom is -0.368 e. The van der Waals surface area contributed by atoms with E-state index in [0.29, 0.717) is 11.5 Å². The fourth-order valence-corrected chi connectivity index (χ4v) is 2.94. The summed E-state index contributed by atoms with van der Waals surface area (Å²) in [7, 11) is -3.70. The molecule has 0 saturated heterocycles. The lowest BCUT2D eigenvalue weighted by molar-refractivity contribution is 0.601. The fraction of sp³-hybridized carbons (Fsp3) is 0. The van der Waals surface area contributed by atoms with Gasteiger partial charge in [-0.15, -0.1) is 12.4 Å². The van der Waals surface area contributed by atoms with E-state index in [1.807, 2.05) is 0 Å². The first kappa shape index (κ1) is 18.4. The molecule has 10 heteroatoms. The Morgan fingerprint density at radius 2 is 1.64 bits per heavy atom. The normalized spacial score (nSPS) is 10.6. The van der Waals surface area contributed by atoms with E-state index >= 15 is 0 Å². The number of hydrogen-bond donors (Lipinski definition) is 3. The van der Waals surface area contributed by atoms with Crippen molar-refractivity contribution in [3.05, 3.63) is 60.9 Å². The van der Waals surface area contributed by atoms with Crippen LogP contribution < -0.4 is 15.8 Å². The van der Waals surface area contributed by atoms with Crippen LogP contribution in [0.3, 0.4) is 0 Å². The van der Waals surface area contributed by atoms with E-state index in [9.17, 15) is 8.42 Å². The van der Waals surface area contributed by atoms with Gasteiger partial charge in [-0.05, 0) is 42.5 Å². The maximum Gasteiger partial charge on any atom is 0.263 e. The van der Waals surface area contributed by atoms with Crippen molar-refractivity contribution in [2.24, 2.45) is 0 Å².